The fourth-order valence-electron chi connectivity index (χ4n) is 3.68. The lowest BCUT2D eigenvalue weighted by molar-refractivity contribution is 1.50. The number of halogens is 4. The number of nitrogens with zero attached hydrogens (tertiary/aromatic N) is 2. The molecule has 30 heavy (non-hydrogen) atoms. The Labute approximate surface area is 193 Å². The molecule has 0 amide bonds. The molecule has 0 atom stereocenters. The molecule has 0 spiro atoms. The first-order chi connectivity index (χ1) is 14.5. The Hall–Kier alpha value is -2.36. The average molecular weight is 470 g/mol. The van der Waals surface area contributed by atoms with Crippen LogP contribution in [0.2, 0.25) is 20.1 Å². The van der Waals surface area contributed by atoms with Crippen LogP contribution in [-0.2, 0) is 0 Å². The van der Waals surface area contributed by atoms with Gasteiger partial charge < -0.3 is 0 Å². The molecule has 4 aromatic rings. The van der Waals surface area contributed by atoms with E-state index < -0.39 is 0 Å². The number of aliphatic imine (C=N–C) groups is 2. The third-order valence-corrected chi connectivity index (χ3v) is 5.69. The molecule has 0 N–H and O–H groups in total. The Morgan fingerprint density at radius 2 is 0.900 bits per heavy atom. The molecule has 0 radical (unpaired) electrons. The lowest BCUT2D eigenvalue weighted by Crippen LogP contribution is -2.10. The van der Waals surface area contributed by atoms with E-state index in [4.69, 9.17) is 56.4 Å². The highest BCUT2D eigenvalue weighted by atomic mass is 35.5. The van der Waals surface area contributed by atoms with Crippen LogP contribution >= 0.6 is 46.4 Å². The molecule has 2 nitrogen and oxygen atoms in total. The number of benzene rings is 4. The maximum absolute atomic E-state index is 6.19. The summed E-state index contributed by atoms with van der Waals surface area (Å²) in [5.41, 5.74) is 4.82. The van der Waals surface area contributed by atoms with Crippen LogP contribution in [0, 0.1) is 0 Å². The van der Waals surface area contributed by atoms with Gasteiger partial charge in [0.15, 0.2) is 0 Å². The molecule has 6 heteroatoms. The third-order valence-electron chi connectivity index (χ3n) is 4.82. The van der Waals surface area contributed by atoms with Crippen LogP contribution < -0.4 is 0 Å². The normalized spacial score (nSPS) is 15.5. The van der Waals surface area contributed by atoms with Gasteiger partial charge in [0.05, 0.1) is 22.8 Å². The van der Waals surface area contributed by atoms with E-state index in [1.165, 1.54) is 0 Å². The molecule has 1 aliphatic rings. The highest BCUT2D eigenvalue weighted by Crippen LogP contribution is 2.36. The van der Waals surface area contributed by atoms with Gasteiger partial charge in [-0.2, -0.15) is 0 Å². The van der Waals surface area contributed by atoms with Crippen molar-refractivity contribution in [2.75, 3.05) is 0 Å². The summed E-state index contributed by atoms with van der Waals surface area (Å²) in [6, 6.07) is 22.7. The van der Waals surface area contributed by atoms with Crippen LogP contribution in [0.4, 0.5) is 11.4 Å². The Bertz CT molecular complexity index is 1250. The minimum Gasteiger partial charge on any atom is -0.246 e. The van der Waals surface area contributed by atoms with E-state index in [2.05, 4.69) is 12.1 Å². The predicted molar refractivity (Wildman–Crippen MR) is 129 cm³/mol. The molecular weight excluding hydrogens is 458 g/mol. The van der Waals surface area contributed by atoms with Crippen LogP contribution in [0.1, 0.15) is 11.1 Å². The monoisotopic (exact) mass is 468 g/mol. The van der Waals surface area contributed by atoms with Gasteiger partial charge in [-0.1, -0.05) is 82.8 Å². The van der Waals surface area contributed by atoms with Crippen LogP contribution in [0.25, 0.3) is 10.8 Å². The van der Waals surface area contributed by atoms with Crippen molar-refractivity contribution in [2.24, 2.45) is 9.98 Å². The van der Waals surface area contributed by atoms with E-state index in [1.807, 2.05) is 24.3 Å². The number of rotatable bonds is 2. The summed E-state index contributed by atoms with van der Waals surface area (Å²) in [5, 5.41) is 4.33. The third kappa shape index (κ3) is 3.61. The van der Waals surface area contributed by atoms with Crippen molar-refractivity contribution < 1.29 is 0 Å². The Morgan fingerprint density at radius 1 is 0.500 bits per heavy atom. The molecule has 0 heterocycles. The van der Waals surface area contributed by atoms with Gasteiger partial charge in [-0.3, -0.25) is 0 Å². The zero-order valence-electron chi connectivity index (χ0n) is 15.3. The zero-order valence-corrected chi connectivity index (χ0v) is 18.4. The van der Waals surface area contributed by atoms with Gasteiger partial charge in [-0.25, -0.2) is 9.98 Å². The summed E-state index contributed by atoms with van der Waals surface area (Å²) in [7, 11) is 0. The minimum absolute atomic E-state index is 0.524. The Morgan fingerprint density at radius 3 is 1.30 bits per heavy atom. The quantitative estimate of drug-likeness (QED) is 0.280. The maximum Gasteiger partial charge on any atom is 0.0978 e. The molecule has 0 saturated heterocycles. The van der Waals surface area contributed by atoms with Crippen molar-refractivity contribution in [3.63, 3.8) is 0 Å². The van der Waals surface area contributed by atoms with Crippen LogP contribution in [0.5, 0.6) is 0 Å². The second-order valence-electron chi connectivity index (χ2n) is 6.89. The molecule has 0 bridgehead atoms. The topological polar surface area (TPSA) is 24.7 Å². The molecule has 0 aromatic heterocycles. The summed E-state index contributed by atoms with van der Waals surface area (Å²) >= 11 is 24.8. The van der Waals surface area contributed by atoms with Gasteiger partial charge in [-0.15, -0.1) is 0 Å². The summed E-state index contributed by atoms with van der Waals surface area (Å²) in [4.78, 5) is 9.79. The van der Waals surface area contributed by atoms with Crippen LogP contribution in [0.15, 0.2) is 82.8 Å². The number of hydrogen-bond acceptors (Lipinski definition) is 2. The molecule has 0 saturated carbocycles. The van der Waals surface area contributed by atoms with Crippen molar-refractivity contribution in [3.05, 3.63) is 104 Å². The highest BCUT2D eigenvalue weighted by molar-refractivity contribution is 6.61. The van der Waals surface area contributed by atoms with Crippen LogP contribution in [-0.4, -0.2) is 11.4 Å². The van der Waals surface area contributed by atoms with E-state index >= 15 is 0 Å². The lowest BCUT2D eigenvalue weighted by Gasteiger charge is -2.05. The second-order valence-corrected chi connectivity index (χ2v) is 8.63. The Balaban J connectivity index is 1.79. The van der Waals surface area contributed by atoms with E-state index in [1.54, 1.807) is 36.4 Å². The van der Waals surface area contributed by atoms with Gasteiger partial charge >= 0.3 is 0 Å². The summed E-state index contributed by atoms with van der Waals surface area (Å²) in [5.74, 6) is 0. The SMILES string of the molecule is Clc1cc(Cl)cc(N=C2C(=Nc3cc(Cl)cc(Cl)c3)c3cccc4cccc2c34)c1. The molecule has 0 unspecified atom stereocenters. The molecule has 146 valence electrons. The second kappa shape index (κ2) is 7.72. The zero-order chi connectivity index (χ0) is 20.8. The van der Waals surface area contributed by atoms with Gasteiger partial charge in [0.1, 0.15) is 0 Å². The van der Waals surface area contributed by atoms with Crippen molar-refractivity contribution in [2.45, 2.75) is 0 Å². The lowest BCUT2D eigenvalue weighted by atomic mass is 10.1. The van der Waals surface area contributed by atoms with Crippen molar-refractivity contribution in [1.82, 2.24) is 0 Å². The maximum atomic E-state index is 6.19. The first-order valence-corrected chi connectivity index (χ1v) is 10.6. The summed E-state index contributed by atoms with van der Waals surface area (Å²) in [6.07, 6.45) is 0. The van der Waals surface area contributed by atoms with E-state index in [0.717, 1.165) is 33.3 Å². The van der Waals surface area contributed by atoms with E-state index in [0.29, 0.717) is 31.5 Å². The molecule has 5 rings (SSSR count). The van der Waals surface area contributed by atoms with Crippen molar-refractivity contribution in [1.29, 1.82) is 0 Å². The highest BCUT2D eigenvalue weighted by Gasteiger charge is 2.27. The van der Waals surface area contributed by atoms with Crippen molar-refractivity contribution >= 4 is 80.0 Å². The first-order valence-electron chi connectivity index (χ1n) is 9.10. The fourth-order valence-corrected chi connectivity index (χ4v) is 4.71. The molecule has 0 aliphatic heterocycles. The Kier molecular flexibility index (Phi) is 5.04. The molecule has 1 aliphatic carbocycles. The van der Waals surface area contributed by atoms with E-state index in [9.17, 15) is 0 Å². The smallest absolute Gasteiger partial charge is 0.0978 e. The standard InChI is InChI=1S/C24H12Cl4N2/c25-14-7-15(26)10-18(9-14)29-23-20-5-1-3-13-4-2-6-21(22(13)20)24(23)30-19-11-16(27)8-17(28)12-19/h1-12H. The van der Waals surface area contributed by atoms with Crippen molar-refractivity contribution in [3.8, 4) is 0 Å². The average Bonchev–Trinajstić information content (AvgIpc) is 2.96. The largest absolute Gasteiger partial charge is 0.246 e. The van der Waals surface area contributed by atoms with Gasteiger partial charge in [0.25, 0.3) is 0 Å². The molecule has 0 fully saturated rings. The van der Waals surface area contributed by atoms with Gasteiger partial charge in [0, 0.05) is 36.6 Å². The van der Waals surface area contributed by atoms with Gasteiger partial charge in [0.2, 0.25) is 0 Å². The van der Waals surface area contributed by atoms with Gasteiger partial charge in [-0.05, 0) is 41.8 Å². The fraction of sp³-hybridized carbons (Fsp3) is 0. The molecule has 4 aromatic carbocycles. The first kappa shape index (κ1) is 19.6. The summed E-state index contributed by atoms with van der Waals surface area (Å²) < 4.78 is 0. The van der Waals surface area contributed by atoms with E-state index in [-0.39, 0.29) is 0 Å². The van der Waals surface area contributed by atoms with Crippen LogP contribution in [0.3, 0.4) is 0 Å². The number of hydrogen-bond donors (Lipinski definition) is 0. The predicted octanol–water partition coefficient (Wildman–Crippen LogP) is 8.71. The minimum atomic E-state index is 0.524. The molecular formula is C24H12Cl4N2. The summed E-state index contributed by atoms with van der Waals surface area (Å²) in [6.45, 7) is 0.